The fourth-order valence-electron chi connectivity index (χ4n) is 5.52. The van der Waals surface area contributed by atoms with Crippen LogP contribution in [0, 0.1) is 6.92 Å². The van der Waals surface area contributed by atoms with E-state index >= 15 is 0 Å². The summed E-state index contributed by atoms with van der Waals surface area (Å²) >= 11 is 0. The number of anilines is 2. The number of urea groups is 1. The molecule has 2 amide bonds. The maximum atomic E-state index is 13.0. The van der Waals surface area contributed by atoms with E-state index in [4.69, 9.17) is 5.11 Å². The third kappa shape index (κ3) is 9.88. The zero-order valence-electron chi connectivity index (χ0n) is 30.1. The number of nitrogens with zero attached hydrogens (tertiary/aromatic N) is 4. The summed E-state index contributed by atoms with van der Waals surface area (Å²) in [5, 5.41) is 51.4. The third-order valence-corrected chi connectivity index (χ3v) is 10.9. The van der Waals surface area contributed by atoms with Gasteiger partial charge in [0.05, 0.1) is 21.8 Å². The number of azo groups is 2. The van der Waals surface area contributed by atoms with Crippen LogP contribution < -0.4 is 10.6 Å². The predicted octanol–water partition coefficient (Wildman–Crippen LogP) is 7.24. The summed E-state index contributed by atoms with van der Waals surface area (Å²) in [5.41, 5.74) is -0.832. The van der Waals surface area contributed by atoms with Crippen molar-refractivity contribution >= 4 is 128 Å². The summed E-state index contributed by atoms with van der Waals surface area (Å²) in [6.45, 7) is 1.43. The van der Waals surface area contributed by atoms with Crippen LogP contribution in [0.25, 0.3) is 21.5 Å². The first-order chi connectivity index (χ1) is 27.1. The molecule has 0 atom stereocenters. The molecule has 0 heterocycles. The van der Waals surface area contributed by atoms with Gasteiger partial charge in [-0.05, 0) is 114 Å². The van der Waals surface area contributed by atoms with Crippen LogP contribution in [0.5, 0.6) is 11.5 Å². The Morgan fingerprint density at radius 1 is 0.576 bits per heavy atom. The van der Waals surface area contributed by atoms with E-state index in [0.717, 1.165) is 24.3 Å². The van der Waals surface area contributed by atoms with Gasteiger partial charge in [0.2, 0.25) is 0 Å². The first-order valence-electron chi connectivity index (χ1n) is 16.0. The summed E-state index contributed by atoms with van der Waals surface area (Å²) < 4.78 is 101. The molecule has 0 aliphatic carbocycles. The van der Waals surface area contributed by atoms with Crippen LogP contribution in [0.1, 0.15) is 15.9 Å². The third-order valence-electron chi connectivity index (χ3n) is 8.28. The number of aromatic carboxylic acids is 1. The van der Waals surface area contributed by atoms with E-state index in [0.29, 0.717) is 0 Å². The van der Waals surface area contributed by atoms with Crippen molar-refractivity contribution in [3.63, 3.8) is 0 Å². The zero-order chi connectivity index (χ0) is 42.3. The number of phenols is 2. The van der Waals surface area contributed by atoms with Gasteiger partial charge in [-0.2, -0.15) is 35.5 Å². The molecule has 59 heavy (non-hydrogen) atoms. The van der Waals surface area contributed by atoms with E-state index in [2.05, 4.69) is 31.1 Å². The molecule has 0 unspecified atom stereocenters. The minimum absolute atomic E-state index is 0. The molecule has 24 heteroatoms. The number of hydrogen-bond donors (Lipinski definition) is 8. The fraction of sp³-hybridized carbons (Fsp3) is 0.0286. The second-order valence-electron chi connectivity index (χ2n) is 12.2. The number of carboxylic acid groups (broad SMARTS) is 1. The topological polar surface area (TPSA) is 331 Å². The Kier molecular flexibility index (Phi) is 12.6. The van der Waals surface area contributed by atoms with Crippen molar-refractivity contribution in [2.24, 2.45) is 20.5 Å². The number of fused-ring (bicyclic) bond motifs is 2. The first kappa shape index (κ1) is 44.2. The Morgan fingerprint density at radius 2 is 1.05 bits per heavy atom. The predicted molar refractivity (Wildman–Crippen MR) is 212 cm³/mol. The van der Waals surface area contributed by atoms with Gasteiger partial charge in [-0.15, -0.1) is 10.2 Å². The number of aromatic hydroxyl groups is 2. The van der Waals surface area contributed by atoms with Crippen LogP contribution in [0.4, 0.5) is 38.9 Å². The Labute approximate surface area is 355 Å². The quantitative estimate of drug-likeness (QED) is 0.0382. The molecule has 1 radical (unpaired) electrons. The number of benzene rings is 6. The van der Waals surface area contributed by atoms with Crippen LogP contribution in [-0.2, 0) is 30.4 Å². The van der Waals surface area contributed by atoms with Gasteiger partial charge >= 0.3 is 12.0 Å². The summed E-state index contributed by atoms with van der Waals surface area (Å²) in [4.78, 5) is 22.0. The molecule has 0 saturated carbocycles. The van der Waals surface area contributed by atoms with E-state index in [1.165, 1.54) is 73.7 Å². The summed E-state index contributed by atoms with van der Waals surface area (Å²) in [6.07, 6.45) is 0. The number of rotatable bonds is 10. The average Bonchev–Trinajstić information content (AvgIpc) is 3.13. The second kappa shape index (κ2) is 16.8. The Bertz CT molecular complexity index is 3130. The van der Waals surface area contributed by atoms with Crippen molar-refractivity contribution in [3.05, 3.63) is 102 Å². The molecule has 20 nitrogen and oxygen atoms in total. The van der Waals surface area contributed by atoms with Gasteiger partial charge in [-0.3, -0.25) is 13.7 Å². The molecule has 0 aliphatic heterocycles. The normalized spacial score (nSPS) is 12.2. The van der Waals surface area contributed by atoms with E-state index < -0.39 is 79.9 Å². The van der Waals surface area contributed by atoms with Gasteiger partial charge in [0.15, 0.2) is 11.5 Å². The molecular weight excluding hydrogens is 848 g/mol. The average molecular weight is 874 g/mol. The summed E-state index contributed by atoms with van der Waals surface area (Å²) in [7, 11) is -14.6. The summed E-state index contributed by atoms with van der Waals surface area (Å²) in [5.74, 6) is -2.60. The number of carbonyl (C=O) groups excluding carboxylic acids is 1. The molecule has 6 aromatic rings. The van der Waals surface area contributed by atoms with Crippen LogP contribution in [-0.4, -0.2) is 95.8 Å². The molecule has 0 aromatic heterocycles. The molecule has 6 rings (SSSR count). The van der Waals surface area contributed by atoms with Gasteiger partial charge < -0.3 is 26.0 Å². The number of nitrogens with one attached hydrogen (secondary N) is 2. The van der Waals surface area contributed by atoms with E-state index in [9.17, 15) is 58.7 Å². The molecule has 0 aliphatic rings. The van der Waals surface area contributed by atoms with Crippen LogP contribution in [0.15, 0.2) is 126 Å². The Morgan fingerprint density at radius 3 is 1.47 bits per heavy atom. The van der Waals surface area contributed by atoms with Gasteiger partial charge in [0.1, 0.15) is 21.2 Å². The first-order valence-corrected chi connectivity index (χ1v) is 20.3. The number of phenolic OH excluding ortho intramolecular Hbond substituents is 2. The van der Waals surface area contributed by atoms with E-state index in [1.807, 2.05) is 0 Å². The molecule has 8 N–H and O–H groups in total. The van der Waals surface area contributed by atoms with Crippen molar-refractivity contribution in [2.45, 2.75) is 21.6 Å². The Hall–Kier alpha value is -5.89. The molecule has 299 valence electrons. The second-order valence-corrected chi connectivity index (χ2v) is 16.4. The SMILES string of the molecule is Cc1cc(S(=O)(=O)O)ccc1N=Nc1c(S(=O)(=O)O)cc2cc(NC(=O)Nc3ccc4c(O)c(N=Nc5ccc(C(=O)O)cc5)c(S(=O)(=O)O)cc4c3)ccc2c1O.[Na]. The molecule has 0 fully saturated rings. The maximum Gasteiger partial charge on any atom is 0.335 e. The standard InChI is InChI=1S/C35H26N6O14S3.Na/c1-17-12-24(56(47,48)49)8-11-27(17)39-41-31-29(58(53,54)55)16-20-14-23(7-10-26(20)33(31)43)37-35(46)36-22-6-9-25-19(13-22)15-28(57(50,51)52)30(32(25)42)40-38-21-4-2-18(3-5-21)34(44)45;/h2-16,42-43H,1H3,(H,44,45)(H2,36,37,46)(H,47,48,49)(H,50,51,52)(H,53,54,55);. The molecule has 0 bridgehead atoms. The minimum Gasteiger partial charge on any atom is -0.505 e. The van der Waals surface area contributed by atoms with Crippen LogP contribution >= 0.6 is 0 Å². The monoisotopic (exact) mass is 873 g/mol. The molecule has 0 saturated heterocycles. The van der Waals surface area contributed by atoms with E-state index in [-0.39, 0.29) is 85.0 Å². The summed E-state index contributed by atoms with van der Waals surface area (Å²) in [6, 6.07) is 17.2. The van der Waals surface area contributed by atoms with Crippen molar-refractivity contribution in [1.82, 2.24) is 0 Å². The van der Waals surface area contributed by atoms with Gasteiger partial charge in [-0.1, -0.05) is 0 Å². The van der Waals surface area contributed by atoms with Gasteiger partial charge in [-0.25, -0.2) is 9.59 Å². The number of carbonyl (C=O) groups is 2. The van der Waals surface area contributed by atoms with E-state index in [1.54, 1.807) is 0 Å². The van der Waals surface area contributed by atoms with Crippen LogP contribution in [0.3, 0.4) is 0 Å². The van der Waals surface area contributed by atoms with Crippen molar-refractivity contribution in [3.8, 4) is 11.5 Å². The van der Waals surface area contributed by atoms with Gasteiger partial charge in [0, 0.05) is 51.7 Å². The number of aryl methyl sites for hydroxylation is 1. The van der Waals surface area contributed by atoms with Crippen LogP contribution in [0.2, 0.25) is 0 Å². The van der Waals surface area contributed by atoms with Gasteiger partial charge in [0.25, 0.3) is 30.4 Å². The number of hydrogen-bond acceptors (Lipinski definition) is 14. The van der Waals surface area contributed by atoms with Crippen molar-refractivity contribution in [2.75, 3.05) is 10.6 Å². The fourth-order valence-corrected chi connectivity index (χ4v) is 7.40. The molecule has 0 spiro atoms. The maximum absolute atomic E-state index is 13.0. The molecule has 6 aromatic carbocycles. The van der Waals surface area contributed by atoms with Crippen molar-refractivity contribution < 1.29 is 63.8 Å². The Balaban J connectivity index is 0.00000661. The smallest absolute Gasteiger partial charge is 0.335 e. The minimum atomic E-state index is -5.05. The number of carboxylic acids is 1. The molecular formula is C35H26N6NaO14S3. The number of amides is 2. The largest absolute Gasteiger partial charge is 0.505 e. The van der Waals surface area contributed by atoms with Crippen molar-refractivity contribution in [1.29, 1.82) is 0 Å². The zero-order valence-corrected chi connectivity index (χ0v) is 34.6.